The van der Waals surface area contributed by atoms with Gasteiger partial charge >= 0.3 is 0 Å². The molecule has 1 atom stereocenters. The maximum Gasteiger partial charge on any atom is 0.0897 e. The third-order valence-electron chi connectivity index (χ3n) is 3.29. The molecule has 1 aliphatic rings. The summed E-state index contributed by atoms with van der Waals surface area (Å²) in [6.45, 7) is 5.45. The zero-order valence-corrected chi connectivity index (χ0v) is 10.4. The highest BCUT2D eigenvalue weighted by atomic mass is 32.1. The lowest BCUT2D eigenvalue weighted by molar-refractivity contribution is 0.289. The lowest BCUT2D eigenvalue weighted by atomic mass is 9.83. The fourth-order valence-corrected chi connectivity index (χ4v) is 2.78. The molecule has 1 aromatic rings. The van der Waals surface area contributed by atoms with E-state index in [1.165, 1.54) is 30.6 Å². The maximum absolute atomic E-state index is 4.29. The van der Waals surface area contributed by atoms with Crippen LogP contribution in [0.5, 0.6) is 0 Å². The average Bonchev–Trinajstić information content (AvgIpc) is 2.56. The van der Waals surface area contributed by atoms with Gasteiger partial charge in [-0.2, -0.15) is 0 Å². The molecule has 0 aliphatic heterocycles. The smallest absolute Gasteiger partial charge is 0.0897 e. The maximum atomic E-state index is 4.29. The van der Waals surface area contributed by atoms with Gasteiger partial charge in [-0.3, -0.25) is 0 Å². The highest BCUT2D eigenvalue weighted by molar-refractivity contribution is 7.11. The second-order valence-electron chi connectivity index (χ2n) is 4.54. The quantitative estimate of drug-likeness (QED) is 0.830. The minimum absolute atomic E-state index is 0.469. The van der Waals surface area contributed by atoms with Gasteiger partial charge in [0, 0.05) is 17.1 Å². The number of nitrogens with zero attached hydrogens (tertiary/aromatic N) is 1. The molecular weight excluding hydrogens is 204 g/mol. The van der Waals surface area contributed by atoms with Crippen molar-refractivity contribution in [3.8, 4) is 0 Å². The Hall–Kier alpha value is -0.410. The summed E-state index contributed by atoms with van der Waals surface area (Å²) >= 11 is 1.80. The molecule has 15 heavy (non-hydrogen) atoms. The van der Waals surface area contributed by atoms with Crippen LogP contribution in [-0.2, 0) is 0 Å². The zero-order valence-electron chi connectivity index (χ0n) is 9.62. The van der Waals surface area contributed by atoms with Crippen LogP contribution >= 0.6 is 11.3 Å². The molecule has 2 rings (SSSR count). The summed E-state index contributed by atoms with van der Waals surface area (Å²) in [4.78, 5) is 5.65. The summed E-state index contributed by atoms with van der Waals surface area (Å²) in [6.07, 6.45) is 7.71. The first-order valence-corrected chi connectivity index (χ1v) is 6.73. The lowest BCUT2D eigenvalue weighted by Gasteiger charge is -2.25. The average molecular weight is 224 g/mol. The number of rotatable bonds is 5. The molecule has 1 fully saturated rings. The van der Waals surface area contributed by atoms with Crippen molar-refractivity contribution < 1.29 is 0 Å². The van der Waals surface area contributed by atoms with Crippen molar-refractivity contribution in [1.29, 1.82) is 0 Å². The number of thiazole rings is 1. The van der Waals surface area contributed by atoms with Gasteiger partial charge in [0.2, 0.25) is 0 Å². The van der Waals surface area contributed by atoms with Gasteiger partial charge < -0.3 is 5.32 Å². The van der Waals surface area contributed by atoms with E-state index in [-0.39, 0.29) is 0 Å². The van der Waals surface area contributed by atoms with Crippen molar-refractivity contribution >= 4 is 11.3 Å². The first-order chi connectivity index (χ1) is 7.25. The predicted molar refractivity (Wildman–Crippen MR) is 65.2 cm³/mol. The van der Waals surface area contributed by atoms with Crippen molar-refractivity contribution in [2.45, 2.75) is 45.6 Å². The summed E-state index contributed by atoms with van der Waals surface area (Å²) in [5, 5.41) is 4.75. The fourth-order valence-electron chi connectivity index (χ4n) is 1.96. The van der Waals surface area contributed by atoms with Crippen LogP contribution in [0.15, 0.2) is 6.20 Å². The molecule has 0 spiro atoms. The molecule has 0 aromatic carbocycles. The molecule has 1 aromatic heterocycles. The van der Waals surface area contributed by atoms with E-state index in [1.54, 1.807) is 11.3 Å². The first kappa shape index (κ1) is 11.1. The highest BCUT2D eigenvalue weighted by Gasteiger charge is 2.17. The summed E-state index contributed by atoms with van der Waals surface area (Å²) < 4.78 is 0. The molecule has 1 heterocycles. The Morgan fingerprint density at radius 2 is 2.40 bits per heavy atom. The van der Waals surface area contributed by atoms with Gasteiger partial charge in [0.25, 0.3) is 0 Å². The molecule has 0 saturated heterocycles. The van der Waals surface area contributed by atoms with Crippen LogP contribution in [0.25, 0.3) is 0 Å². The summed E-state index contributed by atoms with van der Waals surface area (Å²) in [6, 6.07) is 0.469. The Morgan fingerprint density at radius 3 is 2.93 bits per heavy atom. The van der Waals surface area contributed by atoms with E-state index in [0.717, 1.165) is 17.5 Å². The third-order valence-corrected chi connectivity index (χ3v) is 4.39. The number of nitrogens with one attached hydrogen (secondary N) is 1. The van der Waals surface area contributed by atoms with Crippen LogP contribution in [0.1, 0.15) is 48.5 Å². The zero-order chi connectivity index (χ0) is 10.7. The number of hydrogen-bond acceptors (Lipinski definition) is 3. The molecule has 0 radical (unpaired) electrons. The molecule has 1 N–H and O–H groups in total. The molecule has 0 bridgehead atoms. The topological polar surface area (TPSA) is 24.9 Å². The monoisotopic (exact) mass is 224 g/mol. The Bertz CT molecular complexity index is 304. The lowest BCUT2D eigenvalue weighted by Crippen LogP contribution is -2.23. The molecule has 1 unspecified atom stereocenters. The molecule has 2 nitrogen and oxygen atoms in total. The summed E-state index contributed by atoms with van der Waals surface area (Å²) in [5.41, 5.74) is 0. The van der Waals surface area contributed by atoms with Gasteiger partial charge in [-0.15, -0.1) is 11.3 Å². The first-order valence-electron chi connectivity index (χ1n) is 5.91. The second-order valence-corrected chi connectivity index (χ2v) is 5.81. The van der Waals surface area contributed by atoms with Crippen LogP contribution < -0.4 is 5.32 Å². The van der Waals surface area contributed by atoms with E-state index >= 15 is 0 Å². The van der Waals surface area contributed by atoms with Crippen LogP contribution in [0.2, 0.25) is 0 Å². The van der Waals surface area contributed by atoms with Gasteiger partial charge in [0.15, 0.2) is 0 Å². The van der Waals surface area contributed by atoms with Gasteiger partial charge in [-0.05, 0) is 32.7 Å². The Labute approximate surface area is 96.1 Å². The Kier molecular flexibility index (Phi) is 3.76. The van der Waals surface area contributed by atoms with Crippen molar-refractivity contribution in [2.24, 2.45) is 5.92 Å². The predicted octanol–water partition coefficient (Wildman–Crippen LogP) is 3.29. The van der Waals surface area contributed by atoms with Crippen LogP contribution in [-0.4, -0.2) is 11.5 Å². The van der Waals surface area contributed by atoms with E-state index in [0.29, 0.717) is 6.04 Å². The molecule has 3 heteroatoms. The minimum Gasteiger partial charge on any atom is -0.309 e. The van der Waals surface area contributed by atoms with Crippen LogP contribution in [0, 0.1) is 12.8 Å². The van der Waals surface area contributed by atoms with E-state index in [4.69, 9.17) is 0 Å². The van der Waals surface area contributed by atoms with Crippen LogP contribution in [0.3, 0.4) is 0 Å². The molecule has 0 amide bonds. The SMILES string of the molecule is Cc1ncc(C(C)NCCC2CCC2)s1. The van der Waals surface area contributed by atoms with Crippen molar-refractivity contribution in [2.75, 3.05) is 6.54 Å². The standard InChI is InChI=1S/C12H20N2S/c1-9(12-8-14-10(2)15-12)13-7-6-11-4-3-5-11/h8-9,11,13H,3-7H2,1-2H3. The molecule has 1 saturated carbocycles. The van der Waals surface area contributed by atoms with E-state index < -0.39 is 0 Å². The highest BCUT2D eigenvalue weighted by Crippen LogP contribution is 2.29. The van der Waals surface area contributed by atoms with Gasteiger partial charge in [0.1, 0.15) is 0 Å². The van der Waals surface area contributed by atoms with E-state index in [1.807, 2.05) is 6.20 Å². The van der Waals surface area contributed by atoms with Crippen molar-refractivity contribution in [1.82, 2.24) is 10.3 Å². The normalized spacial score (nSPS) is 18.8. The van der Waals surface area contributed by atoms with E-state index in [2.05, 4.69) is 24.1 Å². The minimum atomic E-state index is 0.469. The van der Waals surface area contributed by atoms with Crippen molar-refractivity contribution in [3.63, 3.8) is 0 Å². The van der Waals surface area contributed by atoms with Crippen LogP contribution in [0.4, 0.5) is 0 Å². The third kappa shape index (κ3) is 3.02. The number of hydrogen-bond donors (Lipinski definition) is 1. The molecule has 1 aliphatic carbocycles. The Morgan fingerprint density at radius 1 is 1.60 bits per heavy atom. The number of aromatic nitrogens is 1. The van der Waals surface area contributed by atoms with Crippen molar-refractivity contribution in [3.05, 3.63) is 16.1 Å². The van der Waals surface area contributed by atoms with Gasteiger partial charge in [0.05, 0.1) is 5.01 Å². The molecular formula is C12H20N2S. The fraction of sp³-hybridized carbons (Fsp3) is 0.750. The Balaban J connectivity index is 1.69. The number of aryl methyl sites for hydroxylation is 1. The molecule has 84 valence electrons. The summed E-state index contributed by atoms with van der Waals surface area (Å²) in [5.74, 6) is 1.01. The second kappa shape index (κ2) is 5.08. The van der Waals surface area contributed by atoms with Gasteiger partial charge in [-0.1, -0.05) is 19.3 Å². The van der Waals surface area contributed by atoms with Gasteiger partial charge in [-0.25, -0.2) is 4.98 Å². The van der Waals surface area contributed by atoms with E-state index in [9.17, 15) is 0 Å². The largest absolute Gasteiger partial charge is 0.309 e. The summed E-state index contributed by atoms with van der Waals surface area (Å²) in [7, 11) is 0.